The number of unbranched alkanes of at least 4 members (excludes halogenated alkanes) is 4. The third-order valence-electron chi connectivity index (χ3n) is 5.26. The summed E-state index contributed by atoms with van der Waals surface area (Å²) in [6.45, 7) is 11.9. The molecule has 0 amide bonds. The molecule has 0 saturated carbocycles. The Hall–Kier alpha value is 0. The van der Waals surface area contributed by atoms with Crippen LogP contribution in [0.3, 0.4) is 0 Å². The van der Waals surface area contributed by atoms with E-state index in [4.69, 9.17) is 0 Å². The van der Waals surface area contributed by atoms with Gasteiger partial charge in [-0.2, -0.15) is 0 Å². The molecule has 0 aliphatic carbocycles. The van der Waals surface area contributed by atoms with Gasteiger partial charge in [0.25, 0.3) is 0 Å². The van der Waals surface area contributed by atoms with Crippen molar-refractivity contribution < 1.29 is 0 Å². The van der Waals surface area contributed by atoms with Gasteiger partial charge in [-0.25, -0.2) is 0 Å². The predicted molar refractivity (Wildman–Crippen MR) is 98.9 cm³/mol. The van der Waals surface area contributed by atoms with E-state index in [1.54, 1.807) is 0 Å². The molecule has 0 heteroatoms. The average Bonchev–Trinajstić information content (AvgIpc) is 2.47. The summed E-state index contributed by atoms with van der Waals surface area (Å²) in [6, 6.07) is 0. The van der Waals surface area contributed by atoms with Crippen LogP contribution in [0.4, 0.5) is 0 Å². The summed E-state index contributed by atoms with van der Waals surface area (Å²) in [5.74, 6) is 2.94. The highest BCUT2D eigenvalue weighted by Gasteiger charge is 2.20. The molecule has 0 aromatic rings. The van der Waals surface area contributed by atoms with Gasteiger partial charge in [-0.15, -0.1) is 0 Å². The van der Waals surface area contributed by atoms with Gasteiger partial charge in [0.1, 0.15) is 0 Å². The molecule has 0 aliphatic rings. The lowest BCUT2D eigenvalue weighted by atomic mass is 9.78. The summed E-state index contributed by atoms with van der Waals surface area (Å²) in [5, 5.41) is 0. The van der Waals surface area contributed by atoms with Crippen molar-refractivity contribution in [1.82, 2.24) is 0 Å². The fraction of sp³-hybridized carbons (Fsp3) is 1.00. The van der Waals surface area contributed by atoms with Gasteiger partial charge in [-0.05, 0) is 24.2 Å². The van der Waals surface area contributed by atoms with Gasteiger partial charge in [0.2, 0.25) is 0 Å². The molecule has 21 heavy (non-hydrogen) atoms. The molecule has 3 unspecified atom stereocenters. The smallest absolute Gasteiger partial charge is 0.0388 e. The summed E-state index contributed by atoms with van der Waals surface area (Å²) in [4.78, 5) is 0. The van der Waals surface area contributed by atoms with Crippen molar-refractivity contribution in [3.05, 3.63) is 0 Å². The van der Waals surface area contributed by atoms with E-state index in [1.165, 1.54) is 83.5 Å². The van der Waals surface area contributed by atoms with Crippen molar-refractivity contribution in [2.24, 2.45) is 17.8 Å². The van der Waals surface area contributed by atoms with Gasteiger partial charge in [0, 0.05) is 0 Å². The normalized spacial score (nSPS) is 15.9. The van der Waals surface area contributed by atoms with Crippen LogP contribution in [0.1, 0.15) is 118 Å². The van der Waals surface area contributed by atoms with Crippen molar-refractivity contribution in [1.29, 1.82) is 0 Å². The van der Waals surface area contributed by atoms with E-state index < -0.39 is 0 Å². The van der Waals surface area contributed by atoms with Gasteiger partial charge in [0.05, 0.1) is 0 Å². The lowest BCUT2D eigenvalue weighted by Crippen LogP contribution is -2.16. The quantitative estimate of drug-likeness (QED) is 0.268. The molecular formula is C21H44. The Bertz CT molecular complexity index is 196. The Morgan fingerprint density at radius 1 is 0.571 bits per heavy atom. The number of hydrogen-bond donors (Lipinski definition) is 0. The second kappa shape index (κ2) is 14.9. The minimum absolute atomic E-state index is 0.944. The monoisotopic (exact) mass is 296 g/mol. The second-order valence-electron chi connectivity index (χ2n) is 7.41. The number of rotatable bonds is 15. The fourth-order valence-corrected chi connectivity index (χ4v) is 3.93. The zero-order valence-corrected chi connectivity index (χ0v) is 15.9. The minimum Gasteiger partial charge on any atom is -0.0654 e. The summed E-state index contributed by atoms with van der Waals surface area (Å²) in [7, 11) is 0. The van der Waals surface area contributed by atoms with Crippen molar-refractivity contribution in [2.75, 3.05) is 0 Å². The van der Waals surface area contributed by atoms with Gasteiger partial charge in [-0.1, -0.05) is 112 Å². The highest BCUT2D eigenvalue weighted by atomic mass is 14.3. The lowest BCUT2D eigenvalue weighted by molar-refractivity contribution is 0.236. The SMILES string of the molecule is CCCCCC(CCC)CC(C)C(CCC)CCCCC. The zero-order chi connectivity index (χ0) is 15.9. The molecule has 0 saturated heterocycles. The zero-order valence-electron chi connectivity index (χ0n) is 15.9. The first-order chi connectivity index (χ1) is 10.2. The van der Waals surface area contributed by atoms with E-state index in [2.05, 4.69) is 34.6 Å². The average molecular weight is 297 g/mol. The molecule has 0 rings (SSSR count). The summed E-state index contributed by atoms with van der Waals surface area (Å²) >= 11 is 0. The summed E-state index contributed by atoms with van der Waals surface area (Å²) in [5.41, 5.74) is 0. The van der Waals surface area contributed by atoms with E-state index in [0.717, 1.165) is 17.8 Å². The van der Waals surface area contributed by atoms with Crippen LogP contribution in [0.15, 0.2) is 0 Å². The maximum atomic E-state index is 2.55. The highest BCUT2D eigenvalue weighted by Crippen LogP contribution is 2.32. The van der Waals surface area contributed by atoms with Crippen molar-refractivity contribution in [2.45, 2.75) is 118 Å². The first-order valence-corrected chi connectivity index (χ1v) is 10.2. The Morgan fingerprint density at radius 2 is 1.14 bits per heavy atom. The molecule has 0 aromatic carbocycles. The van der Waals surface area contributed by atoms with E-state index in [9.17, 15) is 0 Å². The molecule has 0 nitrogen and oxygen atoms in total. The molecule has 3 atom stereocenters. The molecular weight excluding hydrogens is 252 g/mol. The van der Waals surface area contributed by atoms with Crippen LogP contribution in [0, 0.1) is 17.8 Å². The van der Waals surface area contributed by atoms with E-state index in [1.807, 2.05) is 0 Å². The first-order valence-electron chi connectivity index (χ1n) is 10.2. The van der Waals surface area contributed by atoms with Crippen LogP contribution >= 0.6 is 0 Å². The molecule has 0 N–H and O–H groups in total. The van der Waals surface area contributed by atoms with E-state index in [0.29, 0.717) is 0 Å². The summed E-state index contributed by atoms with van der Waals surface area (Å²) in [6.07, 6.45) is 18.6. The Morgan fingerprint density at radius 3 is 1.67 bits per heavy atom. The van der Waals surface area contributed by atoms with Crippen molar-refractivity contribution in [3.8, 4) is 0 Å². The topological polar surface area (TPSA) is 0 Å². The molecule has 0 fully saturated rings. The highest BCUT2D eigenvalue weighted by molar-refractivity contribution is 4.71. The van der Waals surface area contributed by atoms with Crippen LogP contribution in [0.25, 0.3) is 0 Å². The molecule has 128 valence electrons. The van der Waals surface area contributed by atoms with Crippen LogP contribution in [0.5, 0.6) is 0 Å². The lowest BCUT2D eigenvalue weighted by Gasteiger charge is -2.28. The number of hydrogen-bond acceptors (Lipinski definition) is 0. The second-order valence-corrected chi connectivity index (χ2v) is 7.41. The molecule has 0 radical (unpaired) electrons. The first kappa shape index (κ1) is 21.0. The van der Waals surface area contributed by atoms with Crippen LogP contribution in [0.2, 0.25) is 0 Å². The molecule has 0 heterocycles. The van der Waals surface area contributed by atoms with Gasteiger partial charge < -0.3 is 0 Å². The maximum Gasteiger partial charge on any atom is -0.0388 e. The van der Waals surface area contributed by atoms with E-state index >= 15 is 0 Å². The molecule has 0 aliphatic heterocycles. The molecule has 0 spiro atoms. The van der Waals surface area contributed by atoms with Crippen molar-refractivity contribution in [3.63, 3.8) is 0 Å². The summed E-state index contributed by atoms with van der Waals surface area (Å²) < 4.78 is 0. The third kappa shape index (κ3) is 11.2. The van der Waals surface area contributed by atoms with Crippen molar-refractivity contribution >= 4 is 0 Å². The Balaban J connectivity index is 4.25. The van der Waals surface area contributed by atoms with Gasteiger partial charge >= 0.3 is 0 Å². The Kier molecular flexibility index (Phi) is 14.9. The predicted octanol–water partition coefficient (Wildman–Crippen LogP) is 8.01. The fourth-order valence-electron chi connectivity index (χ4n) is 3.93. The van der Waals surface area contributed by atoms with E-state index in [-0.39, 0.29) is 0 Å². The third-order valence-corrected chi connectivity index (χ3v) is 5.26. The Labute approximate surface area is 136 Å². The van der Waals surface area contributed by atoms with Crippen LogP contribution in [-0.4, -0.2) is 0 Å². The van der Waals surface area contributed by atoms with Gasteiger partial charge in [-0.3, -0.25) is 0 Å². The minimum atomic E-state index is 0.944. The standard InChI is InChI=1S/C21H44/c1-6-10-12-16-20(14-8-3)18-19(5)21(15-9-4)17-13-11-7-2/h19-21H,6-18H2,1-5H3. The molecule has 0 aromatic heterocycles. The molecule has 0 bridgehead atoms. The largest absolute Gasteiger partial charge is 0.0654 e. The maximum absolute atomic E-state index is 2.55. The van der Waals surface area contributed by atoms with Crippen LogP contribution < -0.4 is 0 Å². The van der Waals surface area contributed by atoms with Gasteiger partial charge in [0.15, 0.2) is 0 Å². The van der Waals surface area contributed by atoms with Crippen LogP contribution in [-0.2, 0) is 0 Å².